The minimum atomic E-state index is -3.53. The predicted molar refractivity (Wildman–Crippen MR) is 95.8 cm³/mol. The molecule has 1 N–H and O–H groups in total. The van der Waals surface area contributed by atoms with Crippen LogP contribution in [0.4, 0.5) is 4.79 Å². The molecule has 1 aromatic rings. The second kappa shape index (κ2) is 8.89. The van der Waals surface area contributed by atoms with Crippen LogP contribution in [0.25, 0.3) is 0 Å². The van der Waals surface area contributed by atoms with Crippen LogP contribution >= 0.6 is 18.0 Å². The summed E-state index contributed by atoms with van der Waals surface area (Å²) >= 11 is 1.04. The standard InChI is InChI=1S/C15H22N3O4PS/c1-5-12(2)24-23(22,17(3)11-19)18(4)15(21)16-14(20)13-9-7-6-8-10-13/h6-12H,5H2,1-4H3,(H,16,20,21). The summed E-state index contributed by atoms with van der Waals surface area (Å²) in [6.07, 6.45) is 1.14. The first-order valence-corrected chi connectivity index (χ1v) is 10.5. The Morgan fingerprint density at radius 2 is 1.88 bits per heavy atom. The van der Waals surface area contributed by atoms with Crippen molar-refractivity contribution >= 4 is 36.4 Å². The van der Waals surface area contributed by atoms with Crippen LogP contribution in [-0.4, -0.2) is 47.0 Å². The molecule has 0 saturated heterocycles. The van der Waals surface area contributed by atoms with E-state index in [1.807, 2.05) is 13.8 Å². The van der Waals surface area contributed by atoms with Gasteiger partial charge in [0.05, 0.1) is 0 Å². The van der Waals surface area contributed by atoms with Crippen LogP contribution in [0.1, 0.15) is 30.6 Å². The van der Waals surface area contributed by atoms with E-state index < -0.39 is 18.6 Å². The molecule has 1 rings (SSSR count). The van der Waals surface area contributed by atoms with Crippen molar-refractivity contribution in [3.8, 4) is 0 Å². The highest BCUT2D eigenvalue weighted by atomic mass is 32.7. The third-order valence-electron chi connectivity index (χ3n) is 3.37. The molecule has 0 heterocycles. The fourth-order valence-corrected chi connectivity index (χ4v) is 6.47. The number of hydrogen-bond acceptors (Lipinski definition) is 5. The molecule has 0 saturated carbocycles. The number of amides is 4. The van der Waals surface area contributed by atoms with Crippen LogP contribution in [-0.2, 0) is 9.36 Å². The van der Waals surface area contributed by atoms with Crippen molar-refractivity contribution < 1.29 is 18.9 Å². The summed E-state index contributed by atoms with van der Waals surface area (Å²) in [7, 11) is 2.66. The summed E-state index contributed by atoms with van der Waals surface area (Å²) in [5.41, 5.74) is 0.312. The molecule has 0 spiro atoms. The van der Waals surface area contributed by atoms with Gasteiger partial charge in [-0.15, -0.1) is 0 Å². The van der Waals surface area contributed by atoms with Gasteiger partial charge in [-0.25, -0.2) is 4.79 Å². The molecule has 1 aromatic carbocycles. The van der Waals surface area contributed by atoms with Crippen molar-refractivity contribution in [2.75, 3.05) is 14.1 Å². The van der Waals surface area contributed by atoms with E-state index in [1.165, 1.54) is 14.1 Å². The third-order valence-corrected chi connectivity index (χ3v) is 9.58. The number of rotatable bonds is 7. The molecular weight excluding hydrogens is 349 g/mol. The predicted octanol–water partition coefficient (Wildman–Crippen LogP) is 3.20. The van der Waals surface area contributed by atoms with Gasteiger partial charge in [0.1, 0.15) is 0 Å². The van der Waals surface area contributed by atoms with E-state index in [1.54, 1.807) is 30.3 Å². The van der Waals surface area contributed by atoms with Gasteiger partial charge in [0.2, 0.25) is 6.41 Å². The summed E-state index contributed by atoms with van der Waals surface area (Å²) in [6, 6.07) is 7.40. The lowest BCUT2D eigenvalue weighted by molar-refractivity contribution is -0.113. The molecule has 2 unspecified atom stereocenters. The van der Waals surface area contributed by atoms with Crippen LogP contribution < -0.4 is 5.32 Å². The van der Waals surface area contributed by atoms with Gasteiger partial charge >= 0.3 is 12.7 Å². The van der Waals surface area contributed by atoms with E-state index in [-0.39, 0.29) is 5.25 Å². The quantitative estimate of drug-likeness (QED) is 0.587. The van der Waals surface area contributed by atoms with Gasteiger partial charge in [-0.3, -0.25) is 28.8 Å². The zero-order valence-corrected chi connectivity index (χ0v) is 15.8. The summed E-state index contributed by atoms with van der Waals surface area (Å²) in [6.45, 7) is 0.250. The molecule has 9 heteroatoms. The van der Waals surface area contributed by atoms with Crippen LogP contribution in [0.2, 0.25) is 0 Å². The van der Waals surface area contributed by atoms with Crippen LogP contribution in [0.3, 0.4) is 0 Å². The monoisotopic (exact) mass is 371 g/mol. The number of carbonyl (C=O) groups is 3. The second-order valence-electron chi connectivity index (χ2n) is 5.14. The number of carbonyl (C=O) groups excluding carboxylic acids is 3. The van der Waals surface area contributed by atoms with Crippen LogP contribution in [0.15, 0.2) is 30.3 Å². The van der Waals surface area contributed by atoms with E-state index in [4.69, 9.17) is 0 Å². The molecule has 0 aliphatic carbocycles. The highest BCUT2D eigenvalue weighted by Gasteiger charge is 2.38. The minimum Gasteiger partial charge on any atom is -0.278 e. The van der Waals surface area contributed by atoms with Gasteiger partial charge in [-0.2, -0.15) is 0 Å². The average molecular weight is 371 g/mol. The Morgan fingerprint density at radius 3 is 2.38 bits per heavy atom. The molecule has 0 fully saturated rings. The first-order valence-electron chi connectivity index (χ1n) is 7.37. The average Bonchev–Trinajstić information content (AvgIpc) is 2.60. The fraction of sp³-hybridized carbons (Fsp3) is 0.400. The third kappa shape index (κ3) is 4.85. The Bertz CT molecular complexity index is 641. The maximum atomic E-state index is 13.2. The van der Waals surface area contributed by atoms with E-state index in [0.29, 0.717) is 12.0 Å². The van der Waals surface area contributed by atoms with Gasteiger partial charge in [-0.05, 0) is 18.6 Å². The van der Waals surface area contributed by atoms with Crippen LogP contribution in [0.5, 0.6) is 0 Å². The first-order chi connectivity index (χ1) is 11.3. The Labute approximate surface area is 146 Å². The van der Waals surface area contributed by atoms with E-state index in [9.17, 15) is 18.9 Å². The zero-order chi connectivity index (χ0) is 18.3. The van der Waals surface area contributed by atoms with Crippen molar-refractivity contribution in [1.29, 1.82) is 0 Å². The summed E-state index contributed by atoms with van der Waals surface area (Å²) < 4.78 is 15.1. The summed E-state index contributed by atoms with van der Waals surface area (Å²) in [5.74, 6) is -0.596. The molecule has 0 aromatic heterocycles. The van der Waals surface area contributed by atoms with Crippen molar-refractivity contribution in [3.63, 3.8) is 0 Å². The molecule has 0 bridgehead atoms. The number of imide groups is 1. The maximum absolute atomic E-state index is 13.2. The Hall–Kier alpha value is -1.79. The molecule has 2 atom stereocenters. The lowest BCUT2D eigenvalue weighted by Gasteiger charge is -2.33. The number of hydrogen-bond donors (Lipinski definition) is 1. The van der Waals surface area contributed by atoms with Gasteiger partial charge < -0.3 is 0 Å². The van der Waals surface area contributed by atoms with Gasteiger partial charge in [0.25, 0.3) is 5.91 Å². The van der Waals surface area contributed by atoms with Gasteiger partial charge in [-0.1, -0.05) is 43.4 Å². The van der Waals surface area contributed by atoms with Crippen molar-refractivity contribution in [1.82, 2.24) is 14.7 Å². The normalized spacial score (nSPS) is 14.2. The first kappa shape index (κ1) is 20.3. The maximum Gasteiger partial charge on any atom is 0.331 e. The van der Waals surface area contributed by atoms with E-state index in [0.717, 1.165) is 27.1 Å². The molecule has 24 heavy (non-hydrogen) atoms. The highest BCUT2D eigenvalue weighted by Crippen LogP contribution is 2.64. The van der Waals surface area contributed by atoms with E-state index >= 15 is 0 Å². The number of nitrogens with one attached hydrogen (secondary N) is 1. The van der Waals surface area contributed by atoms with Gasteiger partial charge in [0.15, 0.2) is 0 Å². The fourth-order valence-electron chi connectivity index (χ4n) is 1.68. The number of benzene rings is 1. The van der Waals surface area contributed by atoms with Crippen molar-refractivity contribution in [2.24, 2.45) is 0 Å². The molecule has 0 aliphatic heterocycles. The van der Waals surface area contributed by atoms with Crippen molar-refractivity contribution in [3.05, 3.63) is 35.9 Å². The Morgan fingerprint density at radius 1 is 1.29 bits per heavy atom. The minimum absolute atomic E-state index is 0.0293. The summed E-state index contributed by atoms with van der Waals surface area (Å²) in [5, 5.41) is 2.16. The van der Waals surface area contributed by atoms with Crippen LogP contribution in [0, 0.1) is 0 Å². The molecule has 4 amide bonds. The number of urea groups is 1. The molecular formula is C15H22N3O4PS. The van der Waals surface area contributed by atoms with Gasteiger partial charge in [0, 0.05) is 24.9 Å². The van der Waals surface area contributed by atoms with E-state index in [2.05, 4.69) is 5.32 Å². The smallest absolute Gasteiger partial charge is 0.278 e. The van der Waals surface area contributed by atoms with Crippen molar-refractivity contribution in [2.45, 2.75) is 25.5 Å². The zero-order valence-electron chi connectivity index (χ0n) is 14.1. The summed E-state index contributed by atoms with van der Waals surface area (Å²) in [4.78, 5) is 35.5. The number of nitrogens with zero attached hydrogens (tertiary/aromatic N) is 2. The molecule has 0 aliphatic rings. The highest BCUT2D eigenvalue weighted by molar-refractivity contribution is 8.57. The largest absolute Gasteiger partial charge is 0.331 e. The molecule has 0 radical (unpaired) electrons. The topological polar surface area (TPSA) is 86.8 Å². The SMILES string of the molecule is CCC(C)SP(=O)(N(C)C=O)N(C)C(=O)NC(=O)c1ccccc1. The Kier molecular flexibility index (Phi) is 7.51. The Balaban J connectivity index is 2.95. The lowest BCUT2D eigenvalue weighted by atomic mass is 10.2. The lowest BCUT2D eigenvalue weighted by Crippen LogP contribution is -2.41. The molecule has 132 valence electrons. The second-order valence-corrected chi connectivity index (χ2v) is 10.4. The molecule has 7 nitrogen and oxygen atoms in total.